The molecule has 0 radical (unpaired) electrons. The van der Waals surface area contributed by atoms with Crippen molar-refractivity contribution in [1.29, 1.82) is 0 Å². The standard InChI is InChI=1S/C17H21FN2O2/c1-17(2,3)22-16(21)19-9-8-15-10-13(11-20-15)12-4-6-14(18)7-5-12/h4-7,10-11,20H,8-9H2,1-3H3,(H,19,21). The molecule has 5 heteroatoms. The van der Waals surface area contributed by atoms with Gasteiger partial charge in [0.2, 0.25) is 0 Å². The molecule has 1 aromatic carbocycles. The molecule has 0 saturated carbocycles. The van der Waals surface area contributed by atoms with Crippen LogP contribution in [0.1, 0.15) is 26.5 Å². The van der Waals surface area contributed by atoms with Crippen molar-refractivity contribution in [2.75, 3.05) is 6.54 Å². The maximum atomic E-state index is 12.9. The van der Waals surface area contributed by atoms with Crippen molar-refractivity contribution in [3.8, 4) is 11.1 Å². The smallest absolute Gasteiger partial charge is 0.407 e. The van der Waals surface area contributed by atoms with Crippen molar-refractivity contribution >= 4 is 6.09 Å². The number of carbonyl (C=O) groups excluding carboxylic acids is 1. The Labute approximate surface area is 129 Å². The van der Waals surface area contributed by atoms with E-state index in [0.29, 0.717) is 13.0 Å². The van der Waals surface area contributed by atoms with Crippen LogP contribution in [0.2, 0.25) is 0 Å². The molecule has 2 rings (SSSR count). The van der Waals surface area contributed by atoms with Crippen LogP contribution in [0, 0.1) is 5.82 Å². The topological polar surface area (TPSA) is 54.1 Å². The monoisotopic (exact) mass is 304 g/mol. The van der Waals surface area contributed by atoms with E-state index in [2.05, 4.69) is 10.3 Å². The van der Waals surface area contributed by atoms with Gasteiger partial charge in [-0.3, -0.25) is 0 Å². The van der Waals surface area contributed by atoms with Crippen LogP contribution < -0.4 is 5.32 Å². The predicted molar refractivity (Wildman–Crippen MR) is 84.1 cm³/mol. The van der Waals surface area contributed by atoms with Crippen LogP contribution in [0.4, 0.5) is 9.18 Å². The van der Waals surface area contributed by atoms with E-state index in [9.17, 15) is 9.18 Å². The van der Waals surface area contributed by atoms with E-state index in [-0.39, 0.29) is 5.82 Å². The summed E-state index contributed by atoms with van der Waals surface area (Å²) in [4.78, 5) is 14.7. The lowest BCUT2D eigenvalue weighted by Gasteiger charge is -2.19. The zero-order valence-electron chi connectivity index (χ0n) is 13.1. The van der Waals surface area contributed by atoms with Gasteiger partial charge in [-0.1, -0.05) is 12.1 Å². The van der Waals surface area contributed by atoms with Gasteiger partial charge in [0.15, 0.2) is 0 Å². The number of aromatic nitrogens is 1. The van der Waals surface area contributed by atoms with E-state index in [0.717, 1.165) is 16.8 Å². The summed E-state index contributed by atoms with van der Waals surface area (Å²) in [6, 6.07) is 8.34. The number of carbonyl (C=O) groups is 1. The first kappa shape index (κ1) is 16.1. The Bertz CT molecular complexity index is 627. The molecule has 0 aliphatic carbocycles. The lowest BCUT2D eigenvalue weighted by molar-refractivity contribution is 0.0528. The number of rotatable bonds is 4. The van der Waals surface area contributed by atoms with E-state index in [1.165, 1.54) is 12.1 Å². The number of aromatic amines is 1. The number of benzene rings is 1. The van der Waals surface area contributed by atoms with Gasteiger partial charge in [0, 0.05) is 24.9 Å². The summed E-state index contributed by atoms with van der Waals surface area (Å²) in [5.74, 6) is -0.249. The minimum atomic E-state index is -0.494. The van der Waals surface area contributed by atoms with Gasteiger partial charge in [-0.2, -0.15) is 0 Å². The zero-order valence-corrected chi connectivity index (χ0v) is 13.1. The molecule has 0 bridgehead atoms. The molecule has 2 N–H and O–H groups in total. The molecule has 0 aliphatic heterocycles. The van der Waals surface area contributed by atoms with Gasteiger partial charge in [0.1, 0.15) is 11.4 Å². The van der Waals surface area contributed by atoms with Crippen LogP contribution in [0.5, 0.6) is 0 Å². The summed E-state index contributed by atoms with van der Waals surface area (Å²) in [6.07, 6.45) is 2.12. The first-order valence-electron chi connectivity index (χ1n) is 7.23. The van der Waals surface area contributed by atoms with Gasteiger partial charge in [0.25, 0.3) is 0 Å². The van der Waals surface area contributed by atoms with E-state index in [1.807, 2.05) is 33.0 Å². The van der Waals surface area contributed by atoms with E-state index in [4.69, 9.17) is 4.74 Å². The predicted octanol–water partition coefficient (Wildman–Crippen LogP) is 3.89. The third kappa shape index (κ3) is 4.91. The lowest BCUT2D eigenvalue weighted by atomic mass is 10.1. The van der Waals surface area contributed by atoms with E-state index in [1.54, 1.807) is 12.1 Å². The van der Waals surface area contributed by atoms with Gasteiger partial charge >= 0.3 is 6.09 Å². The maximum absolute atomic E-state index is 12.9. The van der Waals surface area contributed by atoms with Crippen molar-refractivity contribution in [2.24, 2.45) is 0 Å². The molecule has 0 unspecified atom stereocenters. The maximum Gasteiger partial charge on any atom is 0.407 e. The van der Waals surface area contributed by atoms with Gasteiger partial charge < -0.3 is 15.0 Å². The third-order valence-electron chi connectivity index (χ3n) is 2.98. The first-order chi connectivity index (χ1) is 10.3. The van der Waals surface area contributed by atoms with Gasteiger partial charge in [0.05, 0.1) is 0 Å². The van der Waals surface area contributed by atoms with Crippen LogP contribution in [0.3, 0.4) is 0 Å². The molecule has 0 aliphatic rings. The van der Waals surface area contributed by atoms with Crippen LogP contribution >= 0.6 is 0 Å². The van der Waals surface area contributed by atoms with Crippen LogP contribution in [0.15, 0.2) is 36.5 Å². The summed E-state index contributed by atoms with van der Waals surface area (Å²) in [6.45, 7) is 5.96. The average Bonchev–Trinajstić information content (AvgIpc) is 2.86. The van der Waals surface area contributed by atoms with Crippen molar-refractivity contribution in [2.45, 2.75) is 32.8 Å². The molecule has 0 fully saturated rings. The molecule has 22 heavy (non-hydrogen) atoms. The fourth-order valence-corrected chi connectivity index (χ4v) is 2.01. The van der Waals surface area contributed by atoms with Crippen LogP contribution in [-0.4, -0.2) is 23.2 Å². The largest absolute Gasteiger partial charge is 0.444 e. The Hall–Kier alpha value is -2.30. The molecule has 1 aromatic heterocycles. The Kier molecular flexibility index (Phi) is 4.85. The number of alkyl carbamates (subject to hydrolysis) is 1. The number of halogens is 1. The average molecular weight is 304 g/mol. The van der Waals surface area contributed by atoms with E-state index >= 15 is 0 Å². The molecule has 0 atom stereocenters. The second kappa shape index (κ2) is 6.64. The number of hydrogen-bond donors (Lipinski definition) is 2. The zero-order chi connectivity index (χ0) is 16.2. The molecule has 1 heterocycles. The Morgan fingerprint density at radius 1 is 1.23 bits per heavy atom. The minimum absolute atomic E-state index is 0.249. The molecule has 2 aromatic rings. The molecule has 0 saturated heterocycles. The van der Waals surface area contributed by atoms with Gasteiger partial charge in [-0.25, -0.2) is 9.18 Å². The highest BCUT2D eigenvalue weighted by molar-refractivity contribution is 5.67. The van der Waals surface area contributed by atoms with Crippen molar-refractivity contribution in [3.05, 3.63) is 48.0 Å². The summed E-state index contributed by atoms with van der Waals surface area (Å²) >= 11 is 0. The summed E-state index contributed by atoms with van der Waals surface area (Å²) in [7, 11) is 0. The fraction of sp³-hybridized carbons (Fsp3) is 0.353. The summed E-state index contributed by atoms with van der Waals surface area (Å²) in [5.41, 5.74) is 2.44. The summed E-state index contributed by atoms with van der Waals surface area (Å²) < 4.78 is 18.1. The number of hydrogen-bond acceptors (Lipinski definition) is 2. The quantitative estimate of drug-likeness (QED) is 0.900. The highest BCUT2D eigenvalue weighted by atomic mass is 19.1. The molecular formula is C17H21FN2O2. The molecule has 0 spiro atoms. The number of ether oxygens (including phenoxy) is 1. The van der Waals surface area contributed by atoms with Crippen LogP contribution in [0.25, 0.3) is 11.1 Å². The fourth-order valence-electron chi connectivity index (χ4n) is 2.01. The van der Waals surface area contributed by atoms with Crippen LogP contribution in [-0.2, 0) is 11.2 Å². The molecular weight excluding hydrogens is 283 g/mol. The van der Waals surface area contributed by atoms with Crippen molar-refractivity contribution in [3.63, 3.8) is 0 Å². The Balaban J connectivity index is 1.85. The number of H-pyrrole nitrogens is 1. The first-order valence-corrected chi connectivity index (χ1v) is 7.23. The molecule has 4 nitrogen and oxygen atoms in total. The second-order valence-electron chi connectivity index (χ2n) is 6.10. The Morgan fingerprint density at radius 2 is 1.91 bits per heavy atom. The van der Waals surface area contributed by atoms with E-state index < -0.39 is 11.7 Å². The highest BCUT2D eigenvalue weighted by Gasteiger charge is 2.15. The molecule has 1 amide bonds. The minimum Gasteiger partial charge on any atom is -0.444 e. The third-order valence-corrected chi connectivity index (χ3v) is 2.98. The Morgan fingerprint density at radius 3 is 2.55 bits per heavy atom. The van der Waals surface area contributed by atoms with Gasteiger partial charge in [-0.15, -0.1) is 0 Å². The molecule has 118 valence electrons. The lowest BCUT2D eigenvalue weighted by Crippen LogP contribution is -2.33. The highest BCUT2D eigenvalue weighted by Crippen LogP contribution is 2.20. The van der Waals surface area contributed by atoms with Crippen molar-refractivity contribution < 1.29 is 13.9 Å². The normalized spacial score (nSPS) is 11.3. The van der Waals surface area contributed by atoms with Crippen molar-refractivity contribution in [1.82, 2.24) is 10.3 Å². The second-order valence-corrected chi connectivity index (χ2v) is 6.10. The van der Waals surface area contributed by atoms with Gasteiger partial charge in [-0.05, 0) is 50.1 Å². The SMILES string of the molecule is CC(C)(C)OC(=O)NCCc1cc(-c2ccc(F)cc2)c[nH]1. The number of amides is 1. The summed E-state index contributed by atoms with van der Waals surface area (Å²) in [5, 5.41) is 2.71. The number of nitrogens with one attached hydrogen (secondary N) is 2.